The van der Waals surface area contributed by atoms with E-state index >= 15 is 0 Å². The molecule has 124 valence electrons. The van der Waals surface area contributed by atoms with E-state index in [1.165, 1.54) is 44.8 Å². The number of rotatable bonds is 0. The van der Waals surface area contributed by atoms with Crippen LogP contribution in [0, 0.1) is 0 Å². The van der Waals surface area contributed by atoms with Gasteiger partial charge in [-0.25, -0.2) is 0 Å². The molecule has 1 aliphatic carbocycles. The van der Waals surface area contributed by atoms with Crippen LogP contribution in [0.4, 0.5) is 11.4 Å². The Morgan fingerprint density at radius 1 is 0.720 bits per heavy atom. The van der Waals surface area contributed by atoms with Crippen LogP contribution in [0.3, 0.4) is 0 Å². The van der Waals surface area contributed by atoms with Crippen LogP contribution in [0.25, 0.3) is 11.1 Å². The predicted molar refractivity (Wildman–Crippen MR) is 106 cm³/mol. The molecule has 0 saturated heterocycles. The summed E-state index contributed by atoms with van der Waals surface area (Å²) >= 11 is 0. The summed E-state index contributed by atoms with van der Waals surface area (Å²) in [5, 5.41) is 0. The third kappa shape index (κ3) is 1.96. The van der Waals surface area contributed by atoms with Crippen LogP contribution >= 0.6 is 0 Å². The minimum absolute atomic E-state index is 0.0820. The molecule has 0 amide bonds. The zero-order valence-corrected chi connectivity index (χ0v) is 15.1. The van der Waals surface area contributed by atoms with E-state index in [0.717, 1.165) is 12.8 Å². The van der Waals surface area contributed by atoms with Gasteiger partial charge < -0.3 is 4.90 Å². The van der Waals surface area contributed by atoms with Crippen molar-refractivity contribution in [2.24, 2.45) is 0 Å². The molecule has 0 atom stereocenters. The Bertz CT molecular complexity index is 997. The van der Waals surface area contributed by atoms with E-state index < -0.39 is 0 Å². The van der Waals surface area contributed by atoms with Crippen molar-refractivity contribution in [2.45, 2.75) is 32.1 Å². The number of para-hydroxylation sites is 1. The van der Waals surface area contributed by atoms with Crippen molar-refractivity contribution in [3.8, 4) is 11.1 Å². The topological polar surface area (TPSA) is 3.24 Å². The van der Waals surface area contributed by atoms with Crippen molar-refractivity contribution >= 4 is 11.4 Å². The highest BCUT2D eigenvalue weighted by molar-refractivity contribution is 5.86. The Labute approximate surface area is 149 Å². The first-order chi connectivity index (χ1) is 12.1. The Morgan fingerprint density at radius 3 is 2.32 bits per heavy atom. The fourth-order valence-corrected chi connectivity index (χ4v) is 4.74. The minimum Gasteiger partial charge on any atom is -0.344 e. The largest absolute Gasteiger partial charge is 0.344 e. The van der Waals surface area contributed by atoms with Gasteiger partial charge in [0.25, 0.3) is 0 Å². The second-order valence-electron chi connectivity index (χ2n) is 7.88. The SMILES string of the molecule is CN1c2ccccc2CCc2cc3c(cc21)-c1ccccc1C3(C)C. The molecule has 0 fully saturated rings. The molecule has 1 aliphatic heterocycles. The second kappa shape index (κ2) is 4.98. The summed E-state index contributed by atoms with van der Waals surface area (Å²) in [6.07, 6.45) is 2.22. The van der Waals surface area contributed by atoms with Crippen molar-refractivity contribution < 1.29 is 0 Å². The molecular weight excluding hydrogens is 302 g/mol. The molecule has 0 radical (unpaired) electrons. The summed E-state index contributed by atoms with van der Waals surface area (Å²) in [6, 6.07) is 22.6. The molecule has 1 heterocycles. The molecule has 0 spiro atoms. The molecule has 3 aromatic rings. The third-order valence-corrected chi connectivity index (χ3v) is 6.16. The second-order valence-corrected chi connectivity index (χ2v) is 7.88. The first-order valence-corrected chi connectivity index (χ1v) is 9.16. The normalized spacial score (nSPS) is 16.5. The number of nitrogens with zero attached hydrogens (tertiary/aromatic N) is 1. The van der Waals surface area contributed by atoms with Gasteiger partial charge in [0.2, 0.25) is 0 Å². The van der Waals surface area contributed by atoms with Crippen LogP contribution in [0.5, 0.6) is 0 Å². The van der Waals surface area contributed by atoms with Gasteiger partial charge >= 0.3 is 0 Å². The maximum absolute atomic E-state index is 2.48. The maximum Gasteiger partial charge on any atom is 0.0447 e. The third-order valence-electron chi connectivity index (χ3n) is 6.16. The Kier molecular flexibility index (Phi) is 2.94. The molecule has 0 saturated carbocycles. The highest BCUT2D eigenvalue weighted by Gasteiger charge is 2.36. The highest BCUT2D eigenvalue weighted by Crippen LogP contribution is 2.51. The fraction of sp³-hybridized carbons (Fsp3) is 0.250. The zero-order chi connectivity index (χ0) is 17.2. The summed E-state index contributed by atoms with van der Waals surface area (Å²) in [7, 11) is 2.21. The van der Waals surface area contributed by atoms with Crippen LogP contribution in [-0.4, -0.2) is 7.05 Å². The van der Waals surface area contributed by atoms with Gasteiger partial charge in [-0.2, -0.15) is 0 Å². The molecule has 5 rings (SSSR count). The average Bonchev–Trinajstić information content (AvgIpc) is 2.76. The lowest BCUT2D eigenvalue weighted by atomic mass is 9.81. The molecule has 1 heteroatoms. The quantitative estimate of drug-likeness (QED) is 0.500. The van der Waals surface area contributed by atoms with Crippen molar-refractivity contribution in [2.75, 3.05) is 11.9 Å². The monoisotopic (exact) mass is 325 g/mol. The molecule has 2 aliphatic rings. The minimum atomic E-state index is 0.0820. The number of hydrogen-bond acceptors (Lipinski definition) is 1. The molecule has 0 aromatic heterocycles. The van der Waals surface area contributed by atoms with Gasteiger partial charge in [0, 0.05) is 23.8 Å². The Hall–Kier alpha value is -2.54. The van der Waals surface area contributed by atoms with Gasteiger partial charge in [-0.05, 0) is 58.4 Å². The molecule has 0 unspecified atom stereocenters. The number of aryl methyl sites for hydroxylation is 2. The van der Waals surface area contributed by atoms with E-state index in [0.29, 0.717) is 0 Å². The maximum atomic E-state index is 2.48. The molecule has 0 bridgehead atoms. The van der Waals surface area contributed by atoms with Crippen molar-refractivity contribution in [1.82, 2.24) is 0 Å². The van der Waals surface area contributed by atoms with Gasteiger partial charge in [0.05, 0.1) is 0 Å². The predicted octanol–water partition coefficient (Wildman–Crippen LogP) is 5.86. The van der Waals surface area contributed by atoms with Crippen LogP contribution in [0.2, 0.25) is 0 Å². The summed E-state index contributed by atoms with van der Waals surface area (Å²) in [4.78, 5) is 2.38. The van der Waals surface area contributed by atoms with Gasteiger partial charge in [0.15, 0.2) is 0 Å². The number of anilines is 2. The highest BCUT2D eigenvalue weighted by atomic mass is 15.1. The van der Waals surface area contributed by atoms with Gasteiger partial charge in [-0.3, -0.25) is 0 Å². The zero-order valence-electron chi connectivity index (χ0n) is 15.1. The van der Waals surface area contributed by atoms with E-state index in [2.05, 4.69) is 86.5 Å². The van der Waals surface area contributed by atoms with Gasteiger partial charge in [0.1, 0.15) is 0 Å². The smallest absolute Gasteiger partial charge is 0.0447 e. The fourth-order valence-electron chi connectivity index (χ4n) is 4.74. The van der Waals surface area contributed by atoms with Crippen LogP contribution in [0.1, 0.15) is 36.1 Å². The summed E-state index contributed by atoms with van der Waals surface area (Å²) in [5.41, 5.74) is 11.4. The summed E-state index contributed by atoms with van der Waals surface area (Å²) in [5.74, 6) is 0. The van der Waals surface area contributed by atoms with Crippen LogP contribution in [-0.2, 0) is 18.3 Å². The number of benzene rings is 3. The molecule has 1 nitrogen and oxygen atoms in total. The first kappa shape index (κ1) is 14.8. The lowest BCUT2D eigenvalue weighted by Gasteiger charge is -2.25. The molecule has 0 N–H and O–H groups in total. The van der Waals surface area contributed by atoms with Gasteiger partial charge in [-0.1, -0.05) is 62.4 Å². The lowest BCUT2D eigenvalue weighted by molar-refractivity contribution is 0.659. The number of hydrogen-bond donors (Lipinski definition) is 0. The van der Waals surface area contributed by atoms with E-state index in [1.807, 2.05) is 0 Å². The Morgan fingerprint density at radius 2 is 1.44 bits per heavy atom. The van der Waals surface area contributed by atoms with E-state index in [1.54, 1.807) is 0 Å². The van der Waals surface area contributed by atoms with Crippen LogP contribution < -0.4 is 4.90 Å². The molecular formula is C24H23N. The molecule has 3 aromatic carbocycles. The van der Waals surface area contributed by atoms with Crippen molar-refractivity contribution in [1.29, 1.82) is 0 Å². The summed E-state index contributed by atoms with van der Waals surface area (Å²) < 4.78 is 0. The number of fused-ring (bicyclic) bond motifs is 5. The standard InChI is InChI=1S/C24H23N/c1-24(2)20-10-6-5-9-18(20)19-15-23-17(14-21(19)24)13-12-16-8-4-7-11-22(16)25(23)3/h4-11,14-15H,12-13H2,1-3H3. The van der Waals surface area contributed by atoms with Crippen molar-refractivity contribution in [3.63, 3.8) is 0 Å². The van der Waals surface area contributed by atoms with E-state index in [9.17, 15) is 0 Å². The average molecular weight is 325 g/mol. The first-order valence-electron chi connectivity index (χ1n) is 9.16. The van der Waals surface area contributed by atoms with E-state index in [-0.39, 0.29) is 5.41 Å². The lowest BCUT2D eigenvalue weighted by Crippen LogP contribution is -2.16. The Balaban J connectivity index is 1.76. The molecule has 25 heavy (non-hydrogen) atoms. The van der Waals surface area contributed by atoms with Gasteiger partial charge in [-0.15, -0.1) is 0 Å². The summed E-state index contributed by atoms with van der Waals surface area (Å²) in [6.45, 7) is 4.72. The van der Waals surface area contributed by atoms with E-state index in [4.69, 9.17) is 0 Å². The van der Waals surface area contributed by atoms with Crippen LogP contribution in [0.15, 0.2) is 60.7 Å². The van der Waals surface area contributed by atoms with Crippen molar-refractivity contribution in [3.05, 3.63) is 82.9 Å².